The topological polar surface area (TPSA) is 62.8 Å². The predicted molar refractivity (Wildman–Crippen MR) is 71.4 cm³/mol. The van der Waals surface area contributed by atoms with Crippen molar-refractivity contribution in [1.82, 2.24) is 9.97 Å². The van der Waals surface area contributed by atoms with Crippen molar-refractivity contribution in [2.45, 2.75) is 0 Å². The number of rotatable bonds is 1. The predicted octanol–water partition coefficient (Wildman–Crippen LogP) is 3.28. The van der Waals surface area contributed by atoms with E-state index in [0.29, 0.717) is 5.56 Å². The minimum atomic E-state index is -0.634. The van der Waals surface area contributed by atoms with Gasteiger partial charge in [0.1, 0.15) is 33.1 Å². The number of fused-ring (bicyclic) bond motifs is 1. The zero-order valence-electron chi connectivity index (χ0n) is 9.71. The van der Waals surface area contributed by atoms with Crippen molar-refractivity contribution >= 4 is 34.8 Å². The molecule has 4 nitrogen and oxygen atoms in total. The van der Waals surface area contributed by atoms with Crippen molar-refractivity contribution in [2.24, 2.45) is 0 Å². The van der Waals surface area contributed by atoms with Gasteiger partial charge in [0.15, 0.2) is 0 Å². The van der Waals surface area contributed by atoms with Crippen LogP contribution < -0.4 is 0 Å². The van der Waals surface area contributed by atoms with E-state index in [4.69, 9.17) is 23.2 Å². The highest BCUT2D eigenvalue weighted by molar-refractivity contribution is 6.59. The molecule has 1 aromatic carbocycles. The van der Waals surface area contributed by atoms with Crippen LogP contribution in [0.25, 0.3) is 11.4 Å². The molecule has 0 atom stereocenters. The Morgan fingerprint density at radius 2 is 1.80 bits per heavy atom. The van der Waals surface area contributed by atoms with Crippen LogP contribution in [0, 0.1) is 5.82 Å². The third-order valence-electron chi connectivity index (χ3n) is 2.84. The number of ketones is 2. The van der Waals surface area contributed by atoms with Crippen LogP contribution in [0.15, 0.2) is 34.3 Å². The zero-order valence-corrected chi connectivity index (χ0v) is 11.2. The van der Waals surface area contributed by atoms with Crippen molar-refractivity contribution in [1.29, 1.82) is 0 Å². The molecule has 100 valence electrons. The van der Waals surface area contributed by atoms with E-state index in [0.717, 1.165) is 0 Å². The number of aromatic amines is 1. The van der Waals surface area contributed by atoms with E-state index in [1.807, 2.05) is 0 Å². The number of hydrogen-bond acceptors (Lipinski definition) is 3. The van der Waals surface area contributed by atoms with Crippen molar-refractivity contribution in [2.75, 3.05) is 0 Å². The number of aromatic nitrogens is 2. The second-order valence-corrected chi connectivity index (χ2v) is 4.86. The summed E-state index contributed by atoms with van der Waals surface area (Å²) in [4.78, 5) is 30.5. The Bertz CT molecular complexity index is 754. The lowest BCUT2D eigenvalue weighted by atomic mass is 10.1. The maximum Gasteiger partial charge on any atom is 0.226 e. The molecule has 0 spiro atoms. The van der Waals surface area contributed by atoms with Crippen LogP contribution >= 0.6 is 23.2 Å². The Morgan fingerprint density at radius 3 is 2.50 bits per heavy atom. The van der Waals surface area contributed by atoms with Gasteiger partial charge in [-0.25, -0.2) is 9.37 Å². The molecule has 0 saturated heterocycles. The molecular formula is C13H5Cl2FN2O2. The second kappa shape index (κ2) is 4.54. The van der Waals surface area contributed by atoms with E-state index >= 15 is 0 Å². The average molecular weight is 311 g/mol. The van der Waals surface area contributed by atoms with E-state index in [1.165, 1.54) is 18.2 Å². The Hall–Kier alpha value is -1.98. The van der Waals surface area contributed by atoms with Crippen LogP contribution in [0.5, 0.6) is 0 Å². The van der Waals surface area contributed by atoms with Gasteiger partial charge >= 0.3 is 0 Å². The number of carbonyl (C=O) groups excluding carboxylic acids is 2. The van der Waals surface area contributed by atoms with Crippen LogP contribution in [-0.2, 0) is 0 Å². The molecule has 0 radical (unpaired) electrons. The molecule has 1 aliphatic rings. The van der Waals surface area contributed by atoms with Crippen molar-refractivity contribution in [3.05, 3.63) is 51.5 Å². The van der Waals surface area contributed by atoms with Gasteiger partial charge in [-0.1, -0.05) is 35.3 Å². The molecule has 0 bridgehead atoms. The van der Waals surface area contributed by atoms with Gasteiger partial charge in [0, 0.05) is 5.56 Å². The second-order valence-electron chi connectivity index (χ2n) is 4.11. The SMILES string of the molecule is O=C1C(Cl)=C(Cl)C(=O)c2[nH]c(-c3cccc(F)c3)nc21. The summed E-state index contributed by atoms with van der Waals surface area (Å²) in [6.07, 6.45) is 0. The molecule has 0 amide bonds. The van der Waals surface area contributed by atoms with Crippen LogP contribution in [0.3, 0.4) is 0 Å². The van der Waals surface area contributed by atoms with Crippen molar-refractivity contribution < 1.29 is 14.0 Å². The molecule has 0 saturated carbocycles. The van der Waals surface area contributed by atoms with Gasteiger partial charge in [0.25, 0.3) is 0 Å². The summed E-state index contributed by atoms with van der Waals surface area (Å²) >= 11 is 11.4. The largest absolute Gasteiger partial charge is 0.335 e. The van der Waals surface area contributed by atoms with Gasteiger partial charge in [-0.05, 0) is 12.1 Å². The van der Waals surface area contributed by atoms with Crippen LogP contribution in [0.4, 0.5) is 4.39 Å². The molecule has 0 unspecified atom stereocenters. The first-order valence-electron chi connectivity index (χ1n) is 5.49. The summed E-state index contributed by atoms with van der Waals surface area (Å²) in [6.45, 7) is 0. The molecule has 1 aliphatic carbocycles. The lowest BCUT2D eigenvalue weighted by Crippen LogP contribution is -2.17. The standard InChI is InChI=1S/C13H5Cl2FN2O2/c14-7-8(15)12(20)10-9(11(7)19)17-13(18-10)5-2-1-3-6(16)4-5/h1-4H,(H,17,18). The number of allylic oxidation sites excluding steroid dienone is 2. The Labute approximate surface area is 122 Å². The highest BCUT2D eigenvalue weighted by atomic mass is 35.5. The Kier molecular flexibility index (Phi) is 2.96. The van der Waals surface area contributed by atoms with Gasteiger partial charge in [-0.3, -0.25) is 9.59 Å². The van der Waals surface area contributed by atoms with Gasteiger partial charge in [-0.2, -0.15) is 0 Å². The molecule has 1 N–H and O–H groups in total. The molecular weight excluding hydrogens is 306 g/mol. The fourth-order valence-corrected chi connectivity index (χ4v) is 2.24. The maximum absolute atomic E-state index is 13.2. The van der Waals surface area contributed by atoms with Crippen molar-refractivity contribution in [3.63, 3.8) is 0 Å². The van der Waals surface area contributed by atoms with E-state index in [1.54, 1.807) is 6.07 Å². The summed E-state index contributed by atoms with van der Waals surface area (Å²) < 4.78 is 13.2. The minimum Gasteiger partial charge on any atom is -0.335 e. The van der Waals surface area contributed by atoms with Crippen LogP contribution in [0.1, 0.15) is 21.0 Å². The summed E-state index contributed by atoms with van der Waals surface area (Å²) in [6, 6.07) is 5.60. The number of hydrogen-bond donors (Lipinski definition) is 1. The molecule has 1 heterocycles. The Morgan fingerprint density at radius 1 is 1.10 bits per heavy atom. The lowest BCUT2D eigenvalue weighted by molar-refractivity contribution is 0.0982. The zero-order chi connectivity index (χ0) is 14.4. The van der Waals surface area contributed by atoms with Gasteiger partial charge in [0.2, 0.25) is 11.6 Å². The molecule has 20 heavy (non-hydrogen) atoms. The van der Waals surface area contributed by atoms with E-state index in [2.05, 4.69) is 9.97 Å². The highest BCUT2D eigenvalue weighted by Crippen LogP contribution is 2.31. The number of imidazole rings is 1. The number of benzene rings is 1. The first kappa shape index (κ1) is 13.0. The summed E-state index contributed by atoms with van der Waals surface area (Å²) in [7, 11) is 0. The van der Waals surface area contributed by atoms with Gasteiger partial charge < -0.3 is 4.98 Å². The molecule has 3 rings (SSSR count). The van der Waals surface area contributed by atoms with E-state index in [9.17, 15) is 14.0 Å². The third-order valence-corrected chi connectivity index (χ3v) is 3.65. The number of nitrogens with zero attached hydrogens (tertiary/aromatic N) is 1. The number of halogens is 3. The highest BCUT2D eigenvalue weighted by Gasteiger charge is 2.34. The fourth-order valence-electron chi connectivity index (χ4n) is 1.89. The number of Topliss-reactive ketones (excluding diaryl/α,β-unsaturated/α-hetero) is 2. The molecule has 1 aromatic heterocycles. The quantitative estimate of drug-likeness (QED) is 0.879. The molecule has 7 heteroatoms. The first-order valence-corrected chi connectivity index (χ1v) is 6.25. The van der Waals surface area contributed by atoms with Gasteiger partial charge in [0.05, 0.1) is 0 Å². The lowest BCUT2D eigenvalue weighted by Gasteiger charge is -2.07. The minimum absolute atomic E-state index is 0.0383. The van der Waals surface area contributed by atoms with Crippen LogP contribution in [0.2, 0.25) is 0 Å². The fraction of sp³-hybridized carbons (Fsp3) is 0. The smallest absolute Gasteiger partial charge is 0.226 e. The normalized spacial score (nSPS) is 14.8. The van der Waals surface area contributed by atoms with E-state index < -0.39 is 17.4 Å². The van der Waals surface area contributed by atoms with E-state index in [-0.39, 0.29) is 27.3 Å². The van der Waals surface area contributed by atoms with Gasteiger partial charge in [-0.15, -0.1) is 0 Å². The number of carbonyl (C=O) groups is 2. The first-order chi connectivity index (χ1) is 9.49. The average Bonchev–Trinajstić information content (AvgIpc) is 2.88. The number of H-pyrrole nitrogens is 1. The summed E-state index contributed by atoms with van der Waals surface area (Å²) in [5, 5.41) is -0.708. The maximum atomic E-state index is 13.2. The monoisotopic (exact) mass is 310 g/mol. The number of nitrogens with one attached hydrogen (secondary N) is 1. The molecule has 2 aromatic rings. The van der Waals surface area contributed by atoms with Crippen LogP contribution in [-0.4, -0.2) is 21.5 Å². The molecule has 0 aliphatic heterocycles. The third kappa shape index (κ3) is 1.87. The molecule has 0 fully saturated rings. The Balaban J connectivity index is 2.16. The summed E-state index contributed by atoms with van der Waals surface area (Å²) in [5.74, 6) is -1.50. The van der Waals surface area contributed by atoms with Crippen molar-refractivity contribution in [3.8, 4) is 11.4 Å². The summed E-state index contributed by atoms with van der Waals surface area (Å²) in [5.41, 5.74) is 0.263.